The van der Waals surface area contributed by atoms with E-state index in [4.69, 9.17) is 4.74 Å². The lowest BCUT2D eigenvalue weighted by atomic mass is 9.82. The van der Waals surface area contributed by atoms with Gasteiger partial charge in [-0.2, -0.15) is 0 Å². The van der Waals surface area contributed by atoms with Crippen molar-refractivity contribution in [1.82, 2.24) is 0 Å². The summed E-state index contributed by atoms with van der Waals surface area (Å²) in [6.07, 6.45) is 4.51. The smallest absolute Gasteiger partial charge is 0.341 e. The predicted molar refractivity (Wildman–Crippen MR) is 110 cm³/mol. The van der Waals surface area contributed by atoms with Crippen molar-refractivity contribution in [3.63, 3.8) is 0 Å². The van der Waals surface area contributed by atoms with Crippen molar-refractivity contribution in [2.45, 2.75) is 13.3 Å². The molecule has 150 valence electrons. The fourth-order valence-corrected chi connectivity index (χ4v) is 5.66. The third kappa shape index (κ3) is 3.25. The molecule has 0 unspecified atom stereocenters. The van der Waals surface area contributed by atoms with Crippen LogP contribution in [-0.4, -0.2) is 30.1 Å². The van der Waals surface area contributed by atoms with Crippen molar-refractivity contribution >= 4 is 34.2 Å². The lowest BCUT2D eigenvalue weighted by molar-refractivity contribution is -0.146. The van der Waals surface area contributed by atoms with Gasteiger partial charge >= 0.3 is 11.9 Å². The Hall–Kier alpha value is -2.93. The molecule has 1 saturated carbocycles. The number of methoxy groups -OCH3 is 1. The summed E-state index contributed by atoms with van der Waals surface area (Å²) >= 11 is 1.30. The van der Waals surface area contributed by atoms with E-state index in [9.17, 15) is 19.5 Å². The molecule has 29 heavy (non-hydrogen) atoms. The highest BCUT2D eigenvalue weighted by Gasteiger charge is 2.51. The third-order valence-electron chi connectivity index (χ3n) is 5.82. The van der Waals surface area contributed by atoms with Crippen molar-refractivity contribution in [2.75, 3.05) is 12.4 Å². The third-order valence-corrected chi connectivity index (χ3v) is 6.84. The largest absolute Gasteiger partial charge is 0.481 e. The van der Waals surface area contributed by atoms with Gasteiger partial charge in [-0.25, -0.2) is 4.79 Å². The number of allylic oxidation sites excluding steroid dienone is 2. The summed E-state index contributed by atoms with van der Waals surface area (Å²) in [5, 5.41) is 12.9. The number of esters is 1. The van der Waals surface area contributed by atoms with E-state index in [-0.39, 0.29) is 17.7 Å². The molecule has 1 amide bonds. The number of anilines is 1. The molecule has 4 atom stereocenters. The Morgan fingerprint density at radius 1 is 1.10 bits per heavy atom. The summed E-state index contributed by atoms with van der Waals surface area (Å²) in [5.41, 5.74) is 1.88. The number of fused-ring (bicyclic) bond motifs is 2. The highest BCUT2D eigenvalue weighted by atomic mass is 32.1. The molecule has 2 aliphatic carbocycles. The molecule has 1 heterocycles. The standard InChI is InChI=1S/C22H21NO5S/c1-11-15(12-6-4-3-5-7-12)18(22(27)28-2)20(29-11)23-19(24)16-13-8-9-14(10-13)17(16)21(25)26/h3-9,13-14,16-17H,10H2,1-2H3,(H,23,24)(H,25,26)/t13-,14-,16+,17+/m0/s1. The summed E-state index contributed by atoms with van der Waals surface area (Å²) in [4.78, 5) is 38.3. The monoisotopic (exact) mass is 411 g/mol. The van der Waals surface area contributed by atoms with Gasteiger partial charge in [-0.15, -0.1) is 11.3 Å². The van der Waals surface area contributed by atoms with Crippen molar-refractivity contribution < 1.29 is 24.2 Å². The van der Waals surface area contributed by atoms with Gasteiger partial charge in [-0.1, -0.05) is 42.5 Å². The van der Waals surface area contributed by atoms with Gasteiger partial charge < -0.3 is 15.2 Å². The molecule has 1 aromatic heterocycles. The maximum atomic E-state index is 13.1. The maximum Gasteiger partial charge on any atom is 0.341 e. The Balaban J connectivity index is 1.71. The van der Waals surface area contributed by atoms with E-state index in [1.807, 2.05) is 49.4 Å². The van der Waals surface area contributed by atoms with Gasteiger partial charge in [0.2, 0.25) is 5.91 Å². The van der Waals surface area contributed by atoms with Crippen molar-refractivity contribution in [1.29, 1.82) is 0 Å². The molecule has 2 bridgehead atoms. The molecule has 7 heteroatoms. The van der Waals surface area contributed by atoms with Crippen molar-refractivity contribution in [3.8, 4) is 11.1 Å². The first-order valence-electron chi connectivity index (χ1n) is 9.41. The van der Waals surface area contributed by atoms with Gasteiger partial charge in [-0.3, -0.25) is 9.59 Å². The minimum absolute atomic E-state index is 0.0858. The van der Waals surface area contributed by atoms with Gasteiger partial charge in [0.05, 0.1) is 18.9 Å². The zero-order chi connectivity index (χ0) is 20.7. The summed E-state index contributed by atoms with van der Waals surface area (Å²) in [6, 6.07) is 9.44. The van der Waals surface area contributed by atoms with Crippen LogP contribution in [0.1, 0.15) is 21.7 Å². The minimum Gasteiger partial charge on any atom is -0.481 e. The van der Waals surface area contributed by atoms with E-state index in [0.717, 1.165) is 16.0 Å². The predicted octanol–water partition coefficient (Wildman–Crippen LogP) is 3.97. The second-order valence-electron chi connectivity index (χ2n) is 7.42. The number of rotatable bonds is 5. The molecule has 0 saturated heterocycles. The minimum atomic E-state index is -0.956. The number of carbonyl (C=O) groups excluding carboxylic acids is 2. The molecule has 1 aromatic carbocycles. The molecule has 1 fully saturated rings. The zero-order valence-electron chi connectivity index (χ0n) is 16.0. The first kappa shape index (κ1) is 19.4. The molecule has 2 N–H and O–H groups in total. The summed E-state index contributed by atoms with van der Waals surface area (Å²) in [7, 11) is 1.30. The van der Waals surface area contributed by atoms with E-state index < -0.39 is 23.8 Å². The summed E-state index contributed by atoms with van der Waals surface area (Å²) in [5.74, 6) is -3.43. The average Bonchev–Trinajstić information content (AvgIpc) is 3.40. The van der Waals surface area contributed by atoms with E-state index >= 15 is 0 Å². The fourth-order valence-electron chi connectivity index (χ4n) is 4.59. The Bertz CT molecular complexity index is 1010. The molecule has 4 rings (SSSR count). The van der Waals surface area contributed by atoms with E-state index in [0.29, 0.717) is 17.0 Å². The van der Waals surface area contributed by atoms with Crippen LogP contribution < -0.4 is 5.32 Å². The number of amides is 1. The number of carboxylic acids is 1. The highest BCUT2D eigenvalue weighted by Crippen LogP contribution is 2.49. The molecular formula is C22H21NO5S. The van der Waals surface area contributed by atoms with Crippen LogP contribution in [0.2, 0.25) is 0 Å². The normalized spacial score (nSPS) is 24.5. The van der Waals surface area contributed by atoms with Crippen LogP contribution in [-0.2, 0) is 14.3 Å². The lowest BCUT2D eigenvalue weighted by Crippen LogP contribution is -2.36. The number of carboxylic acid groups (broad SMARTS) is 1. The number of hydrogen-bond donors (Lipinski definition) is 2. The molecule has 2 aliphatic rings. The first-order valence-corrected chi connectivity index (χ1v) is 10.2. The van der Waals surface area contributed by atoms with Crippen LogP contribution in [0.3, 0.4) is 0 Å². The second kappa shape index (κ2) is 7.48. The summed E-state index contributed by atoms with van der Waals surface area (Å²) in [6.45, 7) is 1.88. The first-order chi connectivity index (χ1) is 13.9. The quantitative estimate of drug-likeness (QED) is 0.574. The van der Waals surface area contributed by atoms with Crippen molar-refractivity contribution in [3.05, 3.63) is 52.9 Å². The number of aliphatic carboxylic acids is 1. The number of thiophene rings is 1. The second-order valence-corrected chi connectivity index (χ2v) is 8.65. The molecule has 0 aliphatic heterocycles. The van der Waals surface area contributed by atoms with Crippen molar-refractivity contribution in [2.24, 2.45) is 23.7 Å². The Kier molecular flexibility index (Phi) is 5.00. The topological polar surface area (TPSA) is 92.7 Å². The number of nitrogens with one attached hydrogen (secondary N) is 1. The number of benzene rings is 1. The Morgan fingerprint density at radius 2 is 1.76 bits per heavy atom. The number of hydrogen-bond acceptors (Lipinski definition) is 5. The van der Waals surface area contributed by atoms with E-state index in [2.05, 4.69) is 5.32 Å². The molecule has 0 spiro atoms. The van der Waals surface area contributed by atoms with Crippen LogP contribution in [0.25, 0.3) is 11.1 Å². The van der Waals surface area contributed by atoms with E-state index in [1.54, 1.807) is 0 Å². The van der Waals surface area contributed by atoms with Gasteiger partial charge in [-0.05, 0) is 30.7 Å². The molecule has 0 radical (unpaired) electrons. The summed E-state index contributed by atoms with van der Waals surface area (Å²) < 4.78 is 4.98. The van der Waals surface area contributed by atoms with E-state index in [1.165, 1.54) is 18.4 Å². The highest BCUT2D eigenvalue weighted by molar-refractivity contribution is 7.17. The number of carbonyl (C=O) groups is 3. The Morgan fingerprint density at radius 3 is 2.38 bits per heavy atom. The molecule has 6 nitrogen and oxygen atoms in total. The van der Waals surface area contributed by atoms with Crippen LogP contribution in [0, 0.1) is 30.6 Å². The average molecular weight is 411 g/mol. The van der Waals surface area contributed by atoms with Crippen LogP contribution in [0.4, 0.5) is 5.00 Å². The fraction of sp³-hybridized carbons (Fsp3) is 0.318. The Labute approximate surface area is 172 Å². The van der Waals surface area contributed by atoms with Crippen LogP contribution in [0.15, 0.2) is 42.5 Å². The molecular weight excluding hydrogens is 390 g/mol. The van der Waals surface area contributed by atoms with Gasteiger partial charge in [0.15, 0.2) is 0 Å². The molecule has 2 aromatic rings. The zero-order valence-corrected chi connectivity index (χ0v) is 16.9. The van der Waals surface area contributed by atoms with Crippen LogP contribution >= 0.6 is 11.3 Å². The van der Waals surface area contributed by atoms with Gasteiger partial charge in [0.25, 0.3) is 0 Å². The number of ether oxygens (including phenoxy) is 1. The van der Waals surface area contributed by atoms with Crippen LogP contribution in [0.5, 0.6) is 0 Å². The SMILES string of the molecule is COC(=O)c1c(NC(=O)[C@H]2[C@H](C(=O)O)[C@H]3C=C[C@H]2C3)sc(C)c1-c1ccccc1. The van der Waals surface area contributed by atoms with Gasteiger partial charge in [0, 0.05) is 10.4 Å². The van der Waals surface area contributed by atoms with Gasteiger partial charge in [0.1, 0.15) is 10.6 Å². The maximum absolute atomic E-state index is 13.1. The number of aryl methyl sites for hydroxylation is 1. The lowest BCUT2D eigenvalue weighted by Gasteiger charge is -2.23.